The van der Waals surface area contributed by atoms with Crippen LogP contribution in [0.1, 0.15) is 50.0 Å². The highest BCUT2D eigenvalue weighted by molar-refractivity contribution is 5.99. The van der Waals surface area contributed by atoms with Crippen molar-refractivity contribution < 1.29 is 19.1 Å². The van der Waals surface area contributed by atoms with Gasteiger partial charge in [0.25, 0.3) is 0 Å². The fraction of sp³-hybridized carbons (Fsp3) is 0.345. The van der Waals surface area contributed by atoms with Gasteiger partial charge in [-0.05, 0) is 54.7 Å². The first-order valence-corrected chi connectivity index (χ1v) is 13.1. The Morgan fingerprint density at radius 2 is 2.03 bits per heavy atom. The number of anilines is 2. The molecule has 0 saturated heterocycles. The number of fused-ring (bicyclic) bond motifs is 4. The van der Waals surface area contributed by atoms with E-state index >= 15 is 0 Å². The molecule has 10 nitrogen and oxygen atoms in total. The standard InChI is InChI=1S/C29H32N6O4/c1-18-5-4-6-25(35-12-10-20(14-27(35)36)26-16-30-17-34(26)2)24-13-19(9-11-31-24)22-8-7-21(32-29(38)39-3)15-23(22)33-28(18)37/h7-9,11,13-18,25H,4-6,10,12H2,1-3H3,(H,32,38)(H,33,37). The molecule has 0 radical (unpaired) electrons. The number of hydrogen-bond donors (Lipinski definition) is 2. The molecule has 0 spiro atoms. The molecular weight excluding hydrogens is 496 g/mol. The van der Waals surface area contributed by atoms with Crippen LogP contribution in [0, 0.1) is 5.92 Å². The summed E-state index contributed by atoms with van der Waals surface area (Å²) in [7, 11) is 3.22. The van der Waals surface area contributed by atoms with Crippen molar-refractivity contribution in [2.75, 3.05) is 24.3 Å². The van der Waals surface area contributed by atoms with Gasteiger partial charge in [0.05, 0.1) is 42.8 Å². The number of nitrogens with one attached hydrogen (secondary N) is 2. The van der Waals surface area contributed by atoms with Crippen LogP contribution in [0.25, 0.3) is 16.7 Å². The third-order valence-electron chi connectivity index (χ3n) is 7.43. The van der Waals surface area contributed by atoms with E-state index in [0.717, 1.165) is 40.9 Å². The Hall–Kier alpha value is -4.47. The molecule has 5 rings (SSSR count). The van der Waals surface area contributed by atoms with Gasteiger partial charge in [0.1, 0.15) is 0 Å². The molecule has 3 amide bonds. The second kappa shape index (κ2) is 11.1. The third kappa shape index (κ3) is 5.55. The number of carbonyl (C=O) groups excluding carboxylic acids is 3. The smallest absolute Gasteiger partial charge is 0.411 e. The van der Waals surface area contributed by atoms with E-state index in [4.69, 9.17) is 9.72 Å². The van der Waals surface area contributed by atoms with E-state index in [-0.39, 0.29) is 23.8 Å². The molecule has 2 aliphatic rings. The lowest BCUT2D eigenvalue weighted by molar-refractivity contribution is -0.129. The summed E-state index contributed by atoms with van der Waals surface area (Å²) < 4.78 is 6.63. The summed E-state index contributed by atoms with van der Waals surface area (Å²) in [6, 6.07) is 8.97. The number of ether oxygens (including phenoxy) is 1. The maximum absolute atomic E-state index is 13.4. The van der Waals surface area contributed by atoms with E-state index in [9.17, 15) is 14.4 Å². The van der Waals surface area contributed by atoms with E-state index in [1.165, 1.54) is 7.11 Å². The highest BCUT2D eigenvalue weighted by atomic mass is 16.5. The fourth-order valence-corrected chi connectivity index (χ4v) is 5.25. The molecule has 4 heterocycles. The summed E-state index contributed by atoms with van der Waals surface area (Å²) in [5.41, 5.74) is 5.45. The van der Waals surface area contributed by atoms with Crippen molar-refractivity contribution in [2.24, 2.45) is 13.0 Å². The van der Waals surface area contributed by atoms with Crippen LogP contribution in [0.3, 0.4) is 0 Å². The molecule has 2 atom stereocenters. The van der Waals surface area contributed by atoms with Crippen LogP contribution in [0.4, 0.5) is 16.2 Å². The van der Waals surface area contributed by atoms with Gasteiger partial charge in [-0.2, -0.15) is 0 Å². The molecule has 1 aromatic carbocycles. The largest absolute Gasteiger partial charge is 0.453 e. The molecule has 2 bridgehead atoms. The number of aromatic nitrogens is 3. The highest BCUT2D eigenvalue weighted by Gasteiger charge is 2.30. The van der Waals surface area contributed by atoms with Crippen LogP contribution in [0.15, 0.2) is 55.1 Å². The van der Waals surface area contributed by atoms with Crippen molar-refractivity contribution in [1.82, 2.24) is 19.4 Å². The average molecular weight is 529 g/mol. The Labute approximate surface area is 227 Å². The van der Waals surface area contributed by atoms with Crippen LogP contribution < -0.4 is 10.6 Å². The van der Waals surface area contributed by atoms with Gasteiger partial charge in [-0.1, -0.05) is 19.4 Å². The van der Waals surface area contributed by atoms with Crippen molar-refractivity contribution in [3.63, 3.8) is 0 Å². The van der Waals surface area contributed by atoms with Crippen molar-refractivity contribution >= 4 is 34.9 Å². The number of amides is 3. The quantitative estimate of drug-likeness (QED) is 0.505. The van der Waals surface area contributed by atoms with Crippen LogP contribution in [-0.2, 0) is 21.4 Å². The van der Waals surface area contributed by atoms with Gasteiger partial charge in [-0.3, -0.25) is 19.9 Å². The van der Waals surface area contributed by atoms with E-state index in [2.05, 4.69) is 15.6 Å². The zero-order valence-corrected chi connectivity index (χ0v) is 22.3. The van der Waals surface area contributed by atoms with Crippen molar-refractivity contribution in [3.05, 3.63) is 66.5 Å². The first-order chi connectivity index (χ1) is 18.8. The summed E-state index contributed by atoms with van der Waals surface area (Å²) in [4.78, 5) is 49.1. The third-order valence-corrected chi connectivity index (χ3v) is 7.43. The second-order valence-corrected chi connectivity index (χ2v) is 10.0. The van der Waals surface area contributed by atoms with Crippen molar-refractivity contribution in [1.29, 1.82) is 0 Å². The number of benzene rings is 1. The lowest BCUT2D eigenvalue weighted by atomic mass is 9.93. The van der Waals surface area contributed by atoms with Crippen molar-refractivity contribution in [2.45, 2.75) is 38.6 Å². The number of methoxy groups -OCH3 is 1. The molecule has 202 valence electrons. The summed E-state index contributed by atoms with van der Waals surface area (Å²) >= 11 is 0. The molecule has 2 N–H and O–H groups in total. The van der Waals surface area contributed by atoms with Crippen LogP contribution >= 0.6 is 0 Å². The van der Waals surface area contributed by atoms with E-state index in [0.29, 0.717) is 30.8 Å². The van der Waals surface area contributed by atoms with Gasteiger partial charge in [0.15, 0.2) is 0 Å². The number of hydrogen-bond acceptors (Lipinski definition) is 6. The summed E-state index contributed by atoms with van der Waals surface area (Å²) in [6.07, 6.45) is 9.21. The Balaban J connectivity index is 1.52. The highest BCUT2D eigenvalue weighted by Crippen LogP contribution is 2.36. The Morgan fingerprint density at radius 1 is 1.18 bits per heavy atom. The van der Waals surface area contributed by atoms with Gasteiger partial charge in [0, 0.05) is 43.0 Å². The minimum Gasteiger partial charge on any atom is -0.453 e. The molecule has 3 aromatic rings. The first kappa shape index (κ1) is 26.1. The van der Waals surface area contributed by atoms with Crippen LogP contribution in [-0.4, -0.2) is 51.0 Å². The summed E-state index contributed by atoms with van der Waals surface area (Å²) in [5, 5.41) is 5.70. The Morgan fingerprint density at radius 3 is 2.77 bits per heavy atom. The Bertz CT molecular complexity index is 1450. The van der Waals surface area contributed by atoms with Crippen LogP contribution in [0.5, 0.6) is 0 Å². The number of nitrogens with zero attached hydrogens (tertiary/aromatic N) is 4. The fourth-order valence-electron chi connectivity index (χ4n) is 5.25. The topological polar surface area (TPSA) is 118 Å². The lowest BCUT2D eigenvalue weighted by Crippen LogP contribution is -2.38. The van der Waals surface area contributed by atoms with Gasteiger partial charge >= 0.3 is 6.09 Å². The molecule has 0 aliphatic carbocycles. The van der Waals surface area contributed by atoms with E-state index < -0.39 is 6.09 Å². The van der Waals surface area contributed by atoms with Gasteiger partial charge in [-0.25, -0.2) is 9.78 Å². The zero-order chi connectivity index (χ0) is 27.5. The average Bonchev–Trinajstić information content (AvgIpc) is 3.36. The van der Waals surface area contributed by atoms with E-state index in [1.54, 1.807) is 36.9 Å². The minimum absolute atomic E-state index is 0.0496. The molecular formula is C29H32N6O4. The predicted octanol–water partition coefficient (Wildman–Crippen LogP) is 4.78. The maximum Gasteiger partial charge on any atom is 0.411 e. The number of pyridine rings is 1. The predicted molar refractivity (Wildman–Crippen MR) is 148 cm³/mol. The molecule has 0 saturated carbocycles. The van der Waals surface area contributed by atoms with E-state index in [1.807, 2.05) is 41.6 Å². The monoisotopic (exact) mass is 528 g/mol. The number of imidazole rings is 1. The van der Waals surface area contributed by atoms with Gasteiger partial charge in [0.2, 0.25) is 11.8 Å². The number of rotatable bonds is 3. The minimum atomic E-state index is -0.594. The number of aryl methyl sites for hydroxylation is 1. The van der Waals surface area contributed by atoms with Gasteiger partial charge in [-0.15, -0.1) is 0 Å². The first-order valence-electron chi connectivity index (χ1n) is 13.1. The van der Waals surface area contributed by atoms with Crippen LogP contribution in [0.2, 0.25) is 0 Å². The maximum atomic E-state index is 13.4. The molecule has 10 heteroatoms. The number of carbonyl (C=O) groups is 3. The lowest BCUT2D eigenvalue weighted by Gasteiger charge is -2.34. The molecule has 2 aliphatic heterocycles. The zero-order valence-electron chi connectivity index (χ0n) is 22.3. The summed E-state index contributed by atoms with van der Waals surface area (Å²) in [5.74, 6) is -0.392. The molecule has 0 fully saturated rings. The second-order valence-electron chi connectivity index (χ2n) is 10.0. The van der Waals surface area contributed by atoms with Gasteiger partial charge < -0.3 is 19.5 Å². The summed E-state index contributed by atoms with van der Waals surface area (Å²) in [6.45, 7) is 2.47. The molecule has 39 heavy (non-hydrogen) atoms. The molecule has 2 unspecified atom stereocenters. The SMILES string of the molecule is COC(=O)Nc1ccc2c(c1)NC(=O)C(C)CCCC(N1CCC(c3cncn3C)=CC1=O)c1cc-2ccn1. The molecule has 2 aromatic heterocycles. The normalized spacial score (nSPS) is 19.7. The Kier molecular flexibility index (Phi) is 7.44. The van der Waals surface area contributed by atoms with Crippen molar-refractivity contribution in [3.8, 4) is 11.1 Å².